The Balaban J connectivity index is 2.30. The van der Waals surface area contributed by atoms with E-state index < -0.39 is 0 Å². The van der Waals surface area contributed by atoms with E-state index in [0.717, 1.165) is 11.3 Å². The summed E-state index contributed by atoms with van der Waals surface area (Å²) in [5.41, 5.74) is 8.56. The molecule has 0 fully saturated rings. The van der Waals surface area contributed by atoms with Crippen LogP contribution >= 0.6 is 0 Å². The Kier molecular flexibility index (Phi) is 3.83. The number of aromatic nitrogens is 2. The van der Waals surface area contributed by atoms with Gasteiger partial charge >= 0.3 is 0 Å². The van der Waals surface area contributed by atoms with E-state index in [0.29, 0.717) is 12.1 Å². The van der Waals surface area contributed by atoms with Gasteiger partial charge in [-0.3, -0.25) is 4.68 Å². The molecule has 2 aromatic rings. The van der Waals surface area contributed by atoms with E-state index in [-0.39, 0.29) is 6.04 Å². The van der Waals surface area contributed by atoms with Crippen LogP contribution in [0.3, 0.4) is 0 Å². The first-order chi connectivity index (χ1) is 9.15. The normalized spacial score (nSPS) is 11.9. The van der Waals surface area contributed by atoms with Gasteiger partial charge in [0, 0.05) is 38.1 Å². The van der Waals surface area contributed by atoms with Crippen LogP contribution in [-0.2, 0) is 7.05 Å². The smallest absolute Gasteiger partial charge is 0.0992 e. The molecule has 98 valence electrons. The maximum Gasteiger partial charge on any atom is 0.0992 e. The molecule has 1 unspecified atom stereocenters. The minimum absolute atomic E-state index is 0.0441. The van der Waals surface area contributed by atoms with Gasteiger partial charge in [0.2, 0.25) is 0 Å². The highest BCUT2D eigenvalue weighted by Crippen LogP contribution is 2.25. The van der Waals surface area contributed by atoms with Crippen molar-refractivity contribution in [2.75, 3.05) is 18.5 Å². The van der Waals surface area contributed by atoms with Crippen LogP contribution in [-0.4, -0.2) is 23.4 Å². The second kappa shape index (κ2) is 5.55. The largest absolute Gasteiger partial charge is 0.366 e. The van der Waals surface area contributed by atoms with Crippen LogP contribution in [0.1, 0.15) is 17.2 Å². The third-order valence-electron chi connectivity index (χ3n) is 3.18. The van der Waals surface area contributed by atoms with E-state index in [2.05, 4.69) is 16.1 Å². The molecule has 0 aliphatic rings. The van der Waals surface area contributed by atoms with Crippen molar-refractivity contribution in [1.29, 1.82) is 5.26 Å². The summed E-state index contributed by atoms with van der Waals surface area (Å²) in [5, 5.41) is 13.1. The number of rotatable bonds is 4. The first kappa shape index (κ1) is 13.1. The predicted molar refractivity (Wildman–Crippen MR) is 74.6 cm³/mol. The lowest BCUT2D eigenvalue weighted by molar-refractivity contribution is 0.678. The highest BCUT2D eigenvalue weighted by Gasteiger charge is 2.17. The fourth-order valence-corrected chi connectivity index (χ4v) is 2.10. The first-order valence-corrected chi connectivity index (χ1v) is 6.07. The third kappa shape index (κ3) is 2.75. The summed E-state index contributed by atoms with van der Waals surface area (Å²) in [6, 6.07) is 9.69. The Morgan fingerprint density at radius 1 is 1.53 bits per heavy atom. The number of hydrogen-bond donors (Lipinski definition) is 1. The van der Waals surface area contributed by atoms with Crippen molar-refractivity contribution in [3.63, 3.8) is 0 Å². The van der Waals surface area contributed by atoms with Crippen molar-refractivity contribution < 1.29 is 0 Å². The second-order valence-electron chi connectivity index (χ2n) is 4.47. The topological polar surface area (TPSA) is 70.9 Å². The van der Waals surface area contributed by atoms with Gasteiger partial charge in [-0.15, -0.1) is 0 Å². The molecular weight excluding hydrogens is 238 g/mol. The zero-order valence-electron chi connectivity index (χ0n) is 11.1. The molecule has 0 saturated carbocycles. The molecule has 5 heteroatoms. The molecule has 0 aliphatic heterocycles. The Hall–Kier alpha value is -2.32. The lowest BCUT2D eigenvalue weighted by Gasteiger charge is -2.28. The first-order valence-electron chi connectivity index (χ1n) is 6.07. The Labute approximate surface area is 112 Å². The lowest BCUT2D eigenvalue weighted by atomic mass is 10.1. The summed E-state index contributed by atoms with van der Waals surface area (Å²) in [6.45, 7) is 0.485. The minimum Gasteiger partial charge on any atom is -0.366 e. The maximum atomic E-state index is 8.95. The van der Waals surface area contributed by atoms with Crippen molar-refractivity contribution >= 4 is 5.69 Å². The number of hydrogen-bond acceptors (Lipinski definition) is 4. The molecule has 2 N–H and O–H groups in total. The summed E-state index contributed by atoms with van der Waals surface area (Å²) in [5.74, 6) is 0. The summed E-state index contributed by atoms with van der Waals surface area (Å²) < 4.78 is 1.76. The second-order valence-corrected chi connectivity index (χ2v) is 4.47. The van der Waals surface area contributed by atoms with Crippen molar-refractivity contribution in [2.45, 2.75) is 6.04 Å². The number of nitrogens with two attached hydrogens (primary N) is 1. The highest BCUT2D eigenvalue weighted by atomic mass is 15.2. The molecule has 5 nitrogen and oxygen atoms in total. The molecule has 0 saturated heterocycles. The van der Waals surface area contributed by atoms with Crippen LogP contribution in [0.2, 0.25) is 0 Å². The zero-order valence-corrected chi connectivity index (χ0v) is 11.1. The molecule has 0 bridgehead atoms. The molecular formula is C14H17N5. The minimum atomic E-state index is 0.0441. The van der Waals surface area contributed by atoms with E-state index in [1.807, 2.05) is 44.7 Å². The van der Waals surface area contributed by atoms with E-state index in [1.165, 1.54) is 0 Å². The van der Waals surface area contributed by atoms with E-state index in [9.17, 15) is 0 Å². The number of aryl methyl sites for hydroxylation is 1. The van der Waals surface area contributed by atoms with Crippen molar-refractivity contribution in [3.8, 4) is 6.07 Å². The number of anilines is 1. The molecule has 0 radical (unpaired) electrons. The maximum absolute atomic E-state index is 8.95. The van der Waals surface area contributed by atoms with Gasteiger partial charge in [-0.05, 0) is 18.2 Å². The SMILES string of the molecule is CN(c1cccc(C#N)c1)C(CN)c1cnn(C)c1. The Morgan fingerprint density at radius 3 is 2.89 bits per heavy atom. The predicted octanol–water partition coefficient (Wildman–Crippen LogP) is 1.43. The van der Waals surface area contributed by atoms with Crippen molar-refractivity contribution in [2.24, 2.45) is 12.8 Å². The molecule has 1 aromatic carbocycles. The average Bonchev–Trinajstić information content (AvgIpc) is 2.86. The fraction of sp³-hybridized carbons (Fsp3) is 0.286. The van der Waals surface area contributed by atoms with Crippen LogP contribution in [0, 0.1) is 11.3 Å². The van der Waals surface area contributed by atoms with Gasteiger partial charge in [0.05, 0.1) is 23.9 Å². The number of likely N-dealkylation sites (N-methyl/N-ethyl adjacent to an activating group) is 1. The molecule has 0 amide bonds. The zero-order chi connectivity index (χ0) is 13.8. The van der Waals surface area contributed by atoms with Gasteiger partial charge < -0.3 is 10.6 Å². The van der Waals surface area contributed by atoms with Gasteiger partial charge in [-0.25, -0.2) is 0 Å². The Morgan fingerprint density at radius 2 is 2.32 bits per heavy atom. The van der Waals surface area contributed by atoms with Gasteiger partial charge in [0.25, 0.3) is 0 Å². The van der Waals surface area contributed by atoms with Crippen LogP contribution in [0.25, 0.3) is 0 Å². The lowest BCUT2D eigenvalue weighted by Crippen LogP contribution is -2.30. The molecule has 1 atom stereocenters. The van der Waals surface area contributed by atoms with E-state index >= 15 is 0 Å². The molecule has 1 aromatic heterocycles. The number of nitriles is 1. The summed E-state index contributed by atoms with van der Waals surface area (Å²) >= 11 is 0. The quantitative estimate of drug-likeness (QED) is 0.897. The molecule has 0 spiro atoms. The number of benzene rings is 1. The fourth-order valence-electron chi connectivity index (χ4n) is 2.10. The van der Waals surface area contributed by atoms with Crippen molar-refractivity contribution in [3.05, 3.63) is 47.8 Å². The summed E-state index contributed by atoms with van der Waals surface area (Å²) in [7, 11) is 3.86. The highest BCUT2D eigenvalue weighted by molar-refractivity contribution is 5.52. The number of nitrogens with zero attached hydrogens (tertiary/aromatic N) is 4. The molecule has 2 rings (SSSR count). The summed E-state index contributed by atoms with van der Waals surface area (Å²) in [6.07, 6.45) is 3.78. The monoisotopic (exact) mass is 255 g/mol. The van der Waals surface area contributed by atoms with Crippen molar-refractivity contribution in [1.82, 2.24) is 9.78 Å². The molecule has 0 aliphatic carbocycles. The van der Waals surface area contributed by atoms with Gasteiger partial charge in [-0.2, -0.15) is 10.4 Å². The molecule has 19 heavy (non-hydrogen) atoms. The average molecular weight is 255 g/mol. The third-order valence-corrected chi connectivity index (χ3v) is 3.18. The van der Waals surface area contributed by atoms with E-state index in [4.69, 9.17) is 11.0 Å². The standard InChI is InChI=1S/C14H17N5/c1-18-10-12(9-17-18)14(8-16)19(2)13-5-3-4-11(6-13)7-15/h3-6,9-10,14H,8,16H2,1-2H3. The van der Waals surface area contributed by atoms with Crippen LogP contribution in [0.4, 0.5) is 5.69 Å². The van der Waals surface area contributed by atoms with Crippen LogP contribution < -0.4 is 10.6 Å². The van der Waals surface area contributed by atoms with Gasteiger partial charge in [-0.1, -0.05) is 6.07 Å². The van der Waals surface area contributed by atoms with Crippen LogP contribution in [0.15, 0.2) is 36.7 Å². The van der Waals surface area contributed by atoms with Gasteiger partial charge in [0.1, 0.15) is 0 Å². The van der Waals surface area contributed by atoms with Gasteiger partial charge in [0.15, 0.2) is 0 Å². The Bertz CT molecular complexity index is 596. The molecule has 1 heterocycles. The van der Waals surface area contributed by atoms with Crippen LogP contribution in [0.5, 0.6) is 0 Å². The van der Waals surface area contributed by atoms with E-state index in [1.54, 1.807) is 10.7 Å². The summed E-state index contributed by atoms with van der Waals surface area (Å²) in [4.78, 5) is 2.07.